The molecular formula is C13H10BrClN2. The lowest BCUT2D eigenvalue weighted by Gasteiger charge is -2.08. The molecule has 0 saturated carbocycles. The van der Waals surface area contributed by atoms with Crippen molar-refractivity contribution < 1.29 is 0 Å². The highest BCUT2D eigenvalue weighted by Gasteiger charge is 2.02. The predicted molar refractivity (Wildman–Crippen MR) is 76.6 cm³/mol. The number of nitrogens with one attached hydrogen (secondary N) is 1. The molecule has 0 heterocycles. The van der Waals surface area contributed by atoms with E-state index < -0.39 is 0 Å². The molecule has 2 aromatic carbocycles. The fourth-order valence-corrected chi connectivity index (χ4v) is 1.81. The van der Waals surface area contributed by atoms with Gasteiger partial charge in [0.2, 0.25) is 0 Å². The van der Waals surface area contributed by atoms with Crippen LogP contribution < -0.4 is 5.32 Å². The minimum atomic E-state index is 0.634. The number of hydrogen-bond donors (Lipinski definition) is 1. The first kappa shape index (κ1) is 12.1. The third-order valence-corrected chi connectivity index (χ3v) is 2.94. The van der Waals surface area contributed by atoms with Crippen LogP contribution in [0.1, 0.15) is 5.56 Å². The molecule has 0 radical (unpaired) electrons. The van der Waals surface area contributed by atoms with E-state index in [1.807, 2.05) is 54.6 Å². The summed E-state index contributed by atoms with van der Waals surface area (Å²) < 4.78 is 4.78. The Kier molecular flexibility index (Phi) is 4.18. The van der Waals surface area contributed by atoms with Crippen LogP contribution in [0.15, 0.2) is 63.6 Å². The summed E-state index contributed by atoms with van der Waals surface area (Å²) in [5.74, 6) is 0.634. The fraction of sp³-hybridized carbons (Fsp3) is 0. The number of hydrogen-bond acceptors (Lipinski definition) is 1. The molecule has 0 atom stereocenters. The summed E-state index contributed by atoms with van der Waals surface area (Å²) >= 11 is 8.99. The summed E-state index contributed by atoms with van der Waals surface area (Å²) in [6, 6.07) is 17.6. The molecule has 2 nitrogen and oxygen atoms in total. The second-order valence-electron chi connectivity index (χ2n) is 3.43. The van der Waals surface area contributed by atoms with Gasteiger partial charge in [0.15, 0.2) is 5.84 Å². The van der Waals surface area contributed by atoms with E-state index in [9.17, 15) is 0 Å². The van der Waals surface area contributed by atoms with Crippen LogP contribution in [0.2, 0.25) is 0 Å². The molecule has 86 valence electrons. The van der Waals surface area contributed by atoms with Crippen LogP contribution in [0.4, 0.5) is 5.69 Å². The van der Waals surface area contributed by atoms with Crippen molar-refractivity contribution in [3.63, 3.8) is 0 Å². The first-order valence-electron chi connectivity index (χ1n) is 5.06. The van der Waals surface area contributed by atoms with Gasteiger partial charge in [0.05, 0.1) is 0 Å². The van der Waals surface area contributed by atoms with Crippen molar-refractivity contribution in [2.45, 2.75) is 0 Å². The summed E-state index contributed by atoms with van der Waals surface area (Å²) in [6.45, 7) is 0. The monoisotopic (exact) mass is 308 g/mol. The highest BCUT2D eigenvalue weighted by atomic mass is 79.9. The van der Waals surface area contributed by atoms with Gasteiger partial charge >= 0.3 is 0 Å². The Morgan fingerprint density at radius 2 is 1.65 bits per heavy atom. The Balaban J connectivity index is 2.19. The minimum absolute atomic E-state index is 0.634. The van der Waals surface area contributed by atoms with Gasteiger partial charge in [-0.25, -0.2) is 0 Å². The molecule has 0 aliphatic heterocycles. The van der Waals surface area contributed by atoms with Gasteiger partial charge < -0.3 is 5.32 Å². The van der Waals surface area contributed by atoms with Gasteiger partial charge in [-0.15, -0.1) is 0 Å². The van der Waals surface area contributed by atoms with Crippen molar-refractivity contribution in [1.82, 2.24) is 0 Å². The van der Waals surface area contributed by atoms with Crippen LogP contribution in [0.3, 0.4) is 0 Å². The highest BCUT2D eigenvalue weighted by molar-refractivity contribution is 9.10. The Hall–Kier alpha value is -1.32. The lowest BCUT2D eigenvalue weighted by Crippen LogP contribution is -2.12. The van der Waals surface area contributed by atoms with Crippen molar-refractivity contribution in [2.75, 3.05) is 5.32 Å². The molecule has 17 heavy (non-hydrogen) atoms. The number of nitrogens with zero attached hydrogens (tertiary/aromatic N) is 1. The van der Waals surface area contributed by atoms with E-state index in [2.05, 4.69) is 25.8 Å². The first-order valence-corrected chi connectivity index (χ1v) is 6.19. The molecule has 0 saturated heterocycles. The SMILES string of the molecule is Cl/N=C(/Nc1ccc(Br)cc1)c1ccccc1. The Morgan fingerprint density at radius 1 is 1.00 bits per heavy atom. The zero-order chi connectivity index (χ0) is 12.1. The number of benzene rings is 2. The molecule has 2 aromatic rings. The van der Waals surface area contributed by atoms with E-state index in [1.54, 1.807) is 0 Å². The molecule has 0 aromatic heterocycles. The normalized spacial score (nSPS) is 11.3. The van der Waals surface area contributed by atoms with Crippen molar-refractivity contribution in [3.05, 3.63) is 64.6 Å². The molecule has 4 heteroatoms. The molecule has 0 aliphatic carbocycles. The van der Waals surface area contributed by atoms with Gasteiger partial charge in [-0.05, 0) is 24.3 Å². The third kappa shape index (κ3) is 3.32. The van der Waals surface area contributed by atoms with Gasteiger partial charge in [0.25, 0.3) is 0 Å². The van der Waals surface area contributed by atoms with E-state index in [0.717, 1.165) is 15.7 Å². The predicted octanol–water partition coefficient (Wildman–Crippen LogP) is 4.46. The molecule has 0 unspecified atom stereocenters. The molecule has 0 fully saturated rings. The van der Waals surface area contributed by atoms with Gasteiger partial charge in [0, 0.05) is 27.5 Å². The van der Waals surface area contributed by atoms with Crippen LogP contribution >= 0.6 is 27.7 Å². The lowest BCUT2D eigenvalue weighted by atomic mass is 10.2. The molecular weight excluding hydrogens is 300 g/mol. The standard InChI is InChI=1S/C13H10BrClN2/c14-11-6-8-12(9-7-11)16-13(17-15)10-4-2-1-3-5-10/h1-9H,(H,16,17). The Labute approximate surface area is 114 Å². The van der Waals surface area contributed by atoms with Gasteiger partial charge in [-0.3, -0.25) is 0 Å². The van der Waals surface area contributed by atoms with Gasteiger partial charge in [0.1, 0.15) is 0 Å². The van der Waals surface area contributed by atoms with E-state index in [-0.39, 0.29) is 0 Å². The van der Waals surface area contributed by atoms with Crippen molar-refractivity contribution in [2.24, 2.45) is 4.51 Å². The van der Waals surface area contributed by atoms with Crippen LogP contribution in [0, 0.1) is 0 Å². The average molecular weight is 310 g/mol. The van der Waals surface area contributed by atoms with E-state index in [4.69, 9.17) is 11.8 Å². The zero-order valence-corrected chi connectivity index (χ0v) is 11.2. The average Bonchev–Trinajstić information content (AvgIpc) is 2.39. The van der Waals surface area contributed by atoms with Crippen LogP contribution in [-0.2, 0) is 0 Å². The summed E-state index contributed by atoms with van der Waals surface area (Å²) in [4.78, 5) is 0. The second kappa shape index (κ2) is 5.84. The summed E-state index contributed by atoms with van der Waals surface area (Å²) in [5, 5.41) is 3.17. The lowest BCUT2D eigenvalue weighted by molar-refractivity contribution is 1.55. The summed E-state index contributed by atoms with van der Waals surface area (Å²) in [6.07, 6.45) is 0. The second-order valence-corrected chi connectivity index (χ2v) is 4.52. The molecule has 0 amide bonds. The van der Waals surface area contributed by atoms with Crippen LogP contribution in [0.5, 0.6) is 0 Å². The largest absolute Gasteiger partial charge is 0.339 e. The van der Waals surface area contributed by atoms with Gasteiger partial charge in [-0.1, -0.05) is 46.3 Å². The third-order valence-electron chi connectivity index (χ3n) is 2.24. The van der Waals surface area contributed by atoms with Crippen LogP contribution in [-0.4, -0.2) is 5.84 Å². The number of amidine groups is 1. The van der Waals surface area contributed by atoms with Crippen molar-refractivity contribution in [3.8, 4) is 0 Å². The molecule has 1 N–H and O–H groups in total. The summed E-state index contributed by atoms with van der Waals surface area (Å²) in [5.41, 5.74) is 1.89. The maximum atomic E-state index is 5.60. The molecule has 2 rings (SSSR count). The molecule has 0 bridgehead atoms. The zero-order valence-electron chi connectivity index (χ0n) is 8.90. The topological polar surface area (TPSA) is 24.4 Å². The quantitative estimate of drug-likeness (QED) is 0.643. The van der Waals surface area contributed by atoms with E-state index in [1.165, 1.54) is 0 Å². The number of anilines is 1. The van der Waals surface area contributed by atoms with Crippen LogP contribution in [0.25, 0.3) is 0 Å². The smallest absolute Gasteiger partial charge is 0.152 e. The fourth-order valence-electron chi connectivity index (χ4n) is 1.41. The molecule has 0 aliphatic rings. The highest BCUT2D eigenvalue weighted by Crippen LogP contribution is 2.15. The maximum absolute atomic E-state index is 5.60. The Bertz CT molecular complexity index is 509. The maximum Gasteiger partial charge on any atom is 0.152 e. The first-order chi connectivity index (χ1) is 8.29. The number of rotatable bonds is 2. The number of halogens is 2. The summed E-state index contributed by atoms with van der Waals surface area (Å²) in [7, 11) is 0. The van der Waals surface area contributed by atoms with E-state index in [0.29, 0.717) is 5.84 Å². The van der Waals surface area contributed by atoms with E-state index >= 15 is 0 Å². The van der Waals surface area contributed by atoms with Crippen molar-refractivity contribution >= 4 is 39.2 Å². The van der Waals surface area contributed by atoms with Crippen molar-refractivity contribution in [1.29, 1.82) is 0 Å². The molecule has 0 spiro atoms. The van der Waals surface area contributed by atoms with Gasteiger partial charge in [-0.2, -0.15) is 4.51 Å². The minimum Gasteiger partial charge on any atom is -0.339 e. The Morgan fingerprint density at radius 3 is 2.24 bits per heavy atom.